The van der Waals surface area contributed by atoms with Gasteiger partial charge in [0.15, 0.2) is 5.82 Å². The van der Waals surface area contributed by atoms with Gasteiger partial charge in [-0.15, -0.1) is 11.3 Å². The van der Waals surface area contributed by atoms with E-state index in [0.717, 1.165) is 9.35 Å². The zero-order valence-electron chi connectivity index (χ0n) is 9.63. The molecule has 0 bridgehead atoms. The van der Waals surface area contributed by atoms with Crippen molar-refractivity contribution in [3.05, 3.63) is 39.1 Å². The Labute approximate surface area is 123 Å². The second-order valence-corrected chi connectivity index (χ2v) is 7.10. The van der Waals surface area contributed by atoms with Crippen molar-refractivity contribution in [1.82, 2.24) is 9.71 Å². The number of thiophene rings is 1. The first-order valence-electron chi connectivity index (χ1n) is 5.18. The highest BCUT2D eigenvalue weighted by Crippen LogP contribution is 2.23. The molecule has 0 saturated carbocycles. The number of nitrogens with one attached hydrogen (secondary N) is 2. The average molecular weight is 363 g/mol. The summed E-state index contributed by atoms with van der Waals surface area (Å²) >= 11 is 4.81. The van der Waals surface area contributed by atoms with Crippen LogP contribution >= 0.6 is 27.3 Å². The lowest BCUT2D eigenvalue weighted by molar-refractivity contribution is 0.581. The van der Waals surface area contributed by atoms with Crippen molar-refractivity contribution in [1.29, 1.82) is 0 Å². The molecule has 0 saturated heterocycles. The highest BCUT2D eigenvalue weighted by molar-refractivity contribution is 9.10. The number of hydrogen-bond acceptors (Lipinski definition) is 6. The standard InChI is InChI=1S/C10H11BrN4O2S2/c11-7-3-5-18-8(7)6-14-19(16,17)9-2-1-4-13-10(9)15-12/h1-5,14H,6,12H2,(H,13,15). The minimum absolute atomic E-state index is 0.0187. The first-order valence-corrected chi connectivity index (χ1v) is 8.33. The predicted octanol–water partition coefficient (Wildman–Crippen LogP) is 1.67. The molecule has 0 fully saturated rings. The third-order valence-electron chi connectivity index (χ3n) is 2.31. The lowest BCUT2D eigenvalue weighted by Gasteiger charge is -2.09. The van der Waals surface area contributed by atoms with Crippen molar-refractivity contribution in [2.75, 3.05) is 5.43 Å². The van der Waals surface area contributed by atoms with Crippen LogP contribution in [0.1, 0.15) is 4.88 Å². The first kappa shape index (κ1) is 14.4. The van der Waals surface area contributed by atoms with Gasteiger partial charge in [-0.1, -0.05) is 0 Å². The number of rotatable bonds is 5. The van der Waals surface area contributed by atoms with E-state index >= 15 is 0 Å². The number of pyridine rings is 1. The Morgan fingerprint density at radius 2 is 2.21 bits per heavy atom. The lowest BCUT2D eigenvalue weighted by atomic mass is 10.5. The van der Waals surface area contributed by atoms with Crippen LogP contribution in [0.4, 0.5) is 5.82 Å². The Morgan fingerprint density at radius 1 is 1.42 bits per heavy atom. The molecule has 2 rings (SSSR count). The van der Waals surface area contributed by atoms with Crippen LogP contribution in [-0.4, -0.2) is 13.4 Å². The van der Waals surface area contributed by atoms with Crippen molar-refractivity contribution in [2.24, 2.45) is 5.84 Å². The Balaban J connectivity index is 2.21. The number of hydrazine groups is 1. The summed E-state index contributed by atoms with van der Waals surface area (Å²) in [6, 6.07) is 4.84. The number of nitrogens with two attached hydrogens (primary N) is 1. The molecule has 0 amide bonds. The summed E-state index contributed by atoms with van der Waals surface area (Å²) in [4.78, 5) is 4.78. The third kappa shape index (κ3) is 3.31. The van der Waals surface area contributed by atoms with Crippen LogP contribution in [0.15, 0.2) is 39.1 Å². The van der Waals surface area contributed by atoms with Gasteiger partial charge in [-0.2, -0.15) is 0 Å². The maximum Gasteiger partial charge on any atom is 0.244 e. The van der Waals surface area contributed by atoms with Crippen LogP contribution < -0.4 is 16.0 Å². The molecular weight excluding hydrogens is 352 g/mol. The van der Waals surface area contributed by atoms with Gasteiger partial charge in [-0.25, -0.2) is 24.0 Å². The number of nitrogen functional groups attached to an aromatic ring is 1. The van der Waals surface area contributed by atoms with Gasteiger partial charge in [0.1, 0.15) is 4.90 Å². The van der Waals surface area contributed by atoms with Crippen LogP contribution in [0.5, 0.6) is 0 Å². The summed E-state index contributed by atoms with van der Waals surface area (Å²) in [5.41, 5.74) is 2.27. The largest absolute Gasteiger partial charge is 0.307 e. The Hall–Kier alpha value is -1.00. The maximum atomic E-state index is 12.2. The molecule has 0 unspecified atom stereocenters. The zero-order valence-corrected chi connectivity index (χ0v) is 12.8. The number of anilines is 1. The Morgan fingerprint density at radius 3 is 2.84 bits per heavy atom. The molecule has 2 heterocycles. The van der Waals surface area contributed by atoms with E-state index in [1.54, 1.807) is 0 Å². The van der Waals surface area contributed by atoms with Gasteiger partial charge in [0.2, 0.25) is 10.0 Å². The second-order valence-electron chi connectivity index (χ2n) is 3.51. The molecule has 2 aromatic heterocycles. The van der Waals surface area contributed by atoms with E-state index in [2.05, 4.69) is 31.1 Å². The molecule has 6 nitrogen and oxygen atoms in total. The molecule has 0 radical (unpaired) electrons. The van der Waals surface area contributed by atoms with Crippen LogP contribution in [0, 0.1) is 0 Å². The maximum absolute atomic E-state index is 12.2. The summed E-state index contributed by atoms with van der Waals surface area (Å²) in [6.45, 7) is 0.208. The van der Waals surface area contributed by atoms with Crippen LogP contribution in [-0.2, 0) is 16.6 Å². The van der Waals surface area contributed by atoms with E-state index in [0.29, 0.717) is 0 Å². The summed E-state index contributed by atoms with van der Waals surface area (Å²) in [5.74, 6) is 5.36. The van der Waals surface area contributed by atoms with E-state index in [1.807, 2.05) is 11.4 Å². The van der Waals surface area contributed by atoms with Crippen molar-refractivity contribution in [3.8, 4) is 0 Å². The minimum atomic E-state index is -3.67. The predicted molar refractivity (Wildman–Crippen MR) is 78.1 cm³/mol. The van der Waals surface area contributed by atoms with Gasteiger partial charge < -0.3 is 5.43 Å². The van der Waals surface area contributed by atoms with Gasteiger partial charge >= 0.3 is 0 Å². The summed E-state index contributed by atoms with van der Waals surface area (Å²) in [7, 11) is -3.67. The van der Waals surface area contributed by atoms with E-state index in [-0.39, 0.29) is 17.3 Å². The monoisotopic (exact) mass is 362 g/mol. The van der Waals surface area contributed by atoms with E-state index in [4.69, 9.17) is 5.84 Å². The molecule has 9 heteroatoms. The molecule has 0 aliphatic heterocycles. The van der Waals surface area contributed by atoms with Gasteiger partial charge in [-0.05, 0) is 39.5 Å². The number of aromatic nitrogens is 1. The first-order chi connectivity index (χ1) is 9.04. The number of sulfonamides is 1. The van der Waals surface area contributed by atoms with Crippen LogP contribution in [0.3, 0.4) is 0 Å². The van der Waals surface area contributed by atoms with E-state index in [1.165, 1.54) is 29.7 Å². The van der Waals surface area contributed by atoms with E-state index < -0.39 is 10.0 Å². The Kier molecular flexibility index (Phi) is 4.53. The van der Waals surface area contributed by atoms with Crippen LogP contribution in [0.25, 0.3) is 0 Å². The fourth-order valence-corrected chi connectivity index (χ4v) is 4.04. The van der Waals surface area contributed by atoms with Gasteiger partial charge in [0.25, 0.3) is 0 Å². The summed E-state index contributed by atoms with van der Waals surface area (Å²) in [5, 5.41) is 1.88. The SMILES string of the molecule is NNc1ncccc1S(=O)(=O)NCc1sccc1Br. The molecule has 0 aliphatic carbocycles. The van der Waals surface area contributed by atoms with Crippen molar-refractivity contribution in [3.63, 3.8) is 0 Å². The molecule has 102 valence electrons. The number of halogens is 1. The number of nitrogens with zero attached hydrogens (tertiary/aromatic N) is 1. The third-order valence-corrected chi connectivity index (χ3v) is 5.67. The topological polar surface area (TPSA) is 97.1 Å². The van der Waals surface area contributed by atoms with Crippen molar-refractivity contribution in [2.45, 2.75) is 11.4 Å². The molecule has 19 heavy (non-hydrogen) atoms. The fraction of sp³-hybridized carbons (Fsp3) is 0.100. The lowest BCUT2D eigenvalue weighted by Crippen LogP contribution is -2.25. The minimum Gasteiger partial charge on any atom is -0.307 e. The van der Waals surface area contributed by atoms with Crippen LogP contribution in [0.2, 0.25) is 0 Å². The quantitative estimate of drug-likeness (QED) is 0.555. The number of hydrogen-bond donors (Lipinski definition) is 3. The van der Waals surface area contributed by atoms with Gasteiger partial charge in [-0.3, -0.25) is 0 Å². The van der Waals surface area contributed by atoms with Gasteiger partial charge in [0.05, 0.1) is 0 Å². The fourth-order valence-electron chi connectivity index (χ4n) is 1.41. The molecule has 0 aromatic carbocycles. The Bertz CT molecular complexity index is 672. The summed E-state index contributed by atoms with van der Waals surface area (Å²) in [6.07, 6.45) is 1.46. The molecule has 0 aliphatic rings. The molecule has 0 spiro atoms. The normalized spacial score (nSPS) is 11.5. The highest BCUT2D eigenvalue weighted by atomic mass is 79.9. The average Bonchev–Trinajstić information content (AvgIpc) is 2.82. The van der Waals surface area contributed by atoms with Crippen molar-refractivity contribution < 1.29 is 8.42 Å². The van der Waals surface area contributed by atoms with E-state index in [9.17, 15) is 8.42 Å². The van der Waals surface area contributed by atoms with Gasteiger partial charge in [0, 0.05) is 22.1 Å². The smallest absolute Gasteiger partial charge is 0.244 e. The molecule has 4 N–H and O–H groups in total. The molecular formula is C10H11BrN4O2S2. The highest BCUT2D eigenvalue weighted by Gasteiger charge is 2.19. The zero-order chi connectivity index (χ0) is 13.9. The summed E-state index contributed by atoms with van der Waals surface area (Å²) < 4.78 is 27.7. The van der Waals surface area contributed by atoms with Crippen molar-refractivity contribution >= 4 is 43.1 Å². The molecule has 2 aromatic rings. The molecule has 0 atom stereocenters. The second kappa shape index (κ2) is 5.97.